The maximum Gasteiger partial charge on any atom is 0.235 e. The number of carbonyl (C=O) groups is 2. The van der Waals surface area contributed by atoms with Crippen LogP contribution in [0.1, 0.15) is 29.5 Å². The molecule has 28 heavy (non-hydrogen) atoms. The summed E-state index contributed by atoms with van der Waals surface area (Å²) in [6.07, 6.45) is 3.95. The summed E-state index contributed by atoms with van der Waals surface area (Å²) in [5.41, 5.74) is 3.58. The fraction of sp³-hybridized carbons (Fsp3) is 0.304. The number of fused-ring (bicyclic) bond motifs is 1. The van der Waals surface area contributed by atoms with Gasteiger partial charge in [-0.15, -0.1) is 0 Å². The average Bonchev–Trinajstić information content (AvgIpc) is 3.42. The SMILES string of the molecule is Cc1cccc(CNC(=O)C2(C(=O)NCCc3c[nH]c4ccccc34)CC2)c1. The molecule has 0 unspecified atom stereocenters. The molecule has 1 heterocycles. The molecule has 0 spiro atoms. The first-order valence-corrected chi connectivity index (χ1v) is 9.76. The number of rotatable bonds is 7. The number of hydrogen-bond acceptors (Lipinski definition) is 2. The van der Waals surface area contributed by atoms with Gasteiger partial charge in [0.15, 0.2) is 0 Å². The molecule has 5 heteroatoms. The van der Waals surface area contributed by atoms with Crippen molar-refractivity contribution in [2.45, 2.75) is 32.7 Å². The van der Waals surface area contributed by atoms with Crippen LogP contribution in [0, 0.1) is 12.3 Å². The van der Waals surface area contributed by atoms with E-state index >= 15 is 0 Å². The lowest BCUT2D eigenvalue weighted by Gasteiger charge is -2.15. The summed E-state index contributed by atoms with van der Waals surface area (Å²) in [5, 5.41) is 7.07. The number of aromatic amines is 1. The minimum atomic E-state index is -0.885. The van der Waals surface area contributed by atoms with Gasteiger partial charge in [-0.05, 0) is 43.4 Å². The predicted molar refractivity (Wildman–Crippen MR) is 110 cm³/mol. The van der Waals surface area contributed by atoms with Crippen molar-refractivity contribution in [3.05, 3.63) is 71.4 Å². The number of carbonyl (C=O) groups excluding carboxylic acids is 2. The van der Waals surface area contributed by atoms with Gasteiger partial charge >= 0.3 is 0 Å². The molecule has 0 atom stereocenters. The molecule has 2 amide bonds. The van der Waals surface area contributed by atoms with E-state index < -0.39 is 5.41 Å². The molecule has 144 valence electrons. The van der Waals surface area contributed by atoms with Crippen LogP contribution in [0.5, 0.6) is 0 Å². The van der Waals surface area contributed by atoms with Gasteiger partial charge < -0.3 is 15.6 Å². The minimum Gasteiger partial charge on any atom is -0.361 e. The Labute approximate surface area is 164 Å². The molecule has 0 bridgehead atoms. The quantitative estimate of drug-likeness (QED) is 0.555. The van der Waals surface area contributed by atoms with Crippen LogP contribution < -0.4 is 10.6 Å². The van der Waals surface area contributed by atoms with E-state index in [4.69, 9.17) is 0 Å². The first kappa shape index (κ1) is 18.3. The van der Waals surface area contributed by atoms with E-state index in [2.05, 4.69) is 21.7 Å². The molecule has 1 saturated carbocycles. The lowest BCUT2D eigenvalue weighted by Crippen LogP contribution is -2.43. The number of amides is 2. The molecule has 1 fully saturated rings. The lowest BCUT2D eigenvalue weighted by molar-refractivity contribution is -0.137. The van der Waals surface area contributed by atoms with Gasteiger partial charge in [-0.1, -0.05) is 48.0 Å². The van der Waals surface area contributed by atoms with Crippen LogP contribution in [0.15, 0.2) is 54.7 Å². The number of H-pyrrole nitrogens is 1. The maximum atomic E-state index is 12.6. The zero-order valence-electron chi connectivity index (χ0n) is 16.0. The van der Waals surface area contributed by atoms with Crippen molar-refractivity contribution < 1.29 is 9.59 Å². The summed E-state index contributed by atoms with van der Waals surface area (Å²) in [4.78, 5) is 28.5. The van der Waals surface area contributed by atoms with Gasteiger partial charge in [-0.25, -0.2) is 0 Å². The highest BCUT2D eigenvalue weighted by Gasteiger charge is 2.56. The van der Waals surface area contributed by atoms with E-state index in [9.17, 15) is 9.59 Å². The van der Waals surface area contributed by atoms with E-state index in [0.29, 0.717) is 25.9 Å². The number of para-hydroxylation sites is 1. The Morgan fingerprint density at radius 1 is 1.04 bits per heavy atom. The molecule has 0 radical (unpaired) electrons. The van der Waals surface area contributed by atoms with Gasteiger partial charge in [0, 0.05) is 30.2 Å². The topological polar surface area (TPSA) is 74.0 Å². The highest BCUT2D eigenvalue weighted by molar-refractivity contribution is 6.07. The molecule has 1 aliphatic carbocycles. The fourth-order valence-electron chi connectivity index (χ4n) is 3.67. The van der Waals surface area contributed by atoms with Crippen molar-refractivity contribution in [2.75, 3.05) is 6.54 Å². The van der Waals surface area contributed by atoms with E-state index in [1.807, 2.05) is 55.6 Å². The maximum absolute atomic E-state index is 12.6. The highest BCUT2D eigenvalue weighted by Crippen LogP contribution is 2.46. The molecule has 2 aromatic carbocycles. The molecule has 5 nitrogen and oxygen atoms in total. The summed E-state index contributed by atoms with van der Waals surface area (Å²) < 4.78 is 0. The lowest BCUT2D eigenvalue weighted by atomic mass is 10.0. The Morgan fingerprint density at radius 2 is 1.82 bits per heavy atom. The molecule has 0 saturated heterocycles. The van der Waals surface area contributed by atoms with Gasteiger partial charge in [0.1, 0.15) is 5.41 Å². The van der Waals surface area contributed by atoms with Crippen molar-refractivity contribution in [1.29, 1.82) is 0 Å². The fourth-order valence-corrected chi connectivity index (χ4v) is 3.67. The Hall–Kier alpha value is -3.08. The second kappa shape index (κ2) is 7.50. The largest absolute Gasteiger partial charge is 0.361 e. The second-order valence-electron chi connectivity index (χ2n) is 7.62. The molecule has 0 aliphatic heterocycles. The van der Waals surface area contributed by atoms with Crippen LogP contribution >= 0.6 is 0 Å². The van der Waals surface area contributed by atoms with Crippen LogP contribution in [0.2, 0.25) is 0 Å². The summed E-state index contributed by atoms with van der Waals surface area (Å²) in [5.74, 6) is -0.326. The van der Waals surface area contributed by atoms with Crippen molar-refractivity contribution >= 4 is 22.7 Å². The third-order valence-corrected chi connectivity index (χ3v) is 5.51. The average molecular weight is 375 g/mol. The molecule has 3 aromatic rings. The Kier molecular flexibility index (Phi) is 4.90. The first-order valence-electron chi connectivity index (χ1n) is 9.76. The van der Waals surface area contributed by atoms with Crippen molar-refractivity contribution in [1.82, 2.24) is 15.6 Å². The number of aryl methyl sites for hydroxylation is 1. The Balaban J connectivity index is 1.30. The van der Waals surface area contributed by atoms with Gasteiger partial charge in [0.05, 0.1) is 0 Å². The highest BCUT2D eigenvalue weighted by atomic mass is 16.2. The number of benzene rings is 2. The van der Waals surface area contributed by atoms with Crippen molar-refractivity contribution in [2.24, 2.45) is 5.41 Å². The van der Waals surface area contributed by atoms with Crippen LogP contribution in [0.3, 0.4) is 0 Å². The van der Waals surface area contributed by atoms with Gasteiger partial charge in [-0.2, -0.15) is 0 Å². The molecule has 1 aromatic heterocycles. The van der Waals surface area contributed by atoms with Gasteiger partial charge in [0.2, 0.25) is 11.8 Å². The standard InChI is InChI=1S/C23H25N3O2/c1-16-5-4-6-17(13-16)14-26-22(28)23(10-11-23)21(27)24-12-9-18-15-25-20-8-3-2-7-19(18)20/h2-8,13,15,25H,9-12,14H2,1H3,(H,24,27)(H,26,28). The normalized spacial score (nSPS) is 14.6. The Morgan fingerprint density at radius 3 is 2.61 bits per heavy atom. The van der Waals surface area contributed by atoms with Crippen molar-refractivity contribution in [3.8, 4) is 0 Å². The van der Waals surface area contributed by atoms with E-state index in [1.165, 1.54) is 10.9 Å². The zero-order valence-corrected chi connectivity index (χ0v) is 16.0. The molecular weight excluding hydrogens is 350 g/mol. The van der Waals surface area contributed by atoms with E-state index in [-0.39, 0.29) is 11.8 Å². The van der Waals surface area contributed by atoms with Crippen LogP contribution in [-0.2, 0) is 22.6 Å². The summed E-state index contributed by atoms with van der Waals surface area (Å²) in [6.45, 7) is 2.99. The minimum absolute atomic E-state index is 0.158. The number of nitrogens with one attached hydrogen (secondary N) is 3. The second-order valence-corrected chi connectivity index (χ2v) is 7.62. The van der Waals surface area contributed by atoms with Crippen LogP contribution in [-0.4, -0.2) is 23.3 Å². The monoisotopic (exact) mass is 375 g/mol. The summed E-state index contributed by atoms with van der Waals surface area (Å²) in [7, 11) is 0. The number of hydrogen-bond donors (Lipinski definition) is 3. The third kappa shape index (κ3) is 3.65. The molecule has 3 N–H and O–H groups in total. The summed E-state index contributed by atoms with van der Waals surface area (Å²) in [6, 6.07) is 16.1. The smallest absolute Gasteiger partial charge is 0.235 e. The molecule has 4 rings (SSSR count). The summed E-state index contributed by atoms with van der Waals surface area (Å²) >= 11 is 0. The third-order valence-electron chi connectivity index (χ3n) is 5.51. The van der Waals surface area contributed by atoms with Crippen molar-refractivity contribution in [3.63, 3.8) is 0 Å². The van der Waals surface area contributed by atoms with Gasteiger partial charge in [0.25, 0.3) is 0 Å². The molecule has 1 aliphatic rings. The number of aromatic nitrogens is 1. The van der Waals surface area contributed by atoms with Crippen LogP contribution in [0.25, 0.3) is 10.9 Å². The van der Waals surface area contributed by atoms with E-state index in [0.717, 1.165) is 23.1 Å². The van der Waals surface area contributed by atoms with Gasteiger partial charge in [-0.3, -0.25) is 9.59 Å². The zero-order chi connectivity index (χ0) is 19.6. The molecular formula is C23H25N3O2. The van der Waals surface area contributed by atoms with E-state index in [1.54, 1.807) is 0 Å². The van der Waals surface area contributed by atoms with Crippen LogP contribution in [0.4, 0.5) is 0 Å². The Bertz CT molecular complexity index is 1020. The predicted octanol–water partition coefficient (Wildman–Crippen LogP) is 3.23. The first-order chi connectivity index (χ1) is 13.6.